The van der Waals surface area contributed by atoms with Crippen LogP contribution in [0, 0.1) is 0 Å². The summed E-state index contributed by atoms with van der Waals surface area (Å²) < 4.78 is 13.8. The van der Waals surface area contributed by atoms with Gasteiger partial charge >= 0.3 is 6.09 Å². The van der Waals surface area contributed by atoms with Crippen LogP contribution in [0.25, 0.3) is 0 Å². The zero-order valence-electron chi connectivity index (χ0n) is 17.0. The lowest BCUT2D eigenvalue weighted by atomic mass is 10.1. The normalized spacial score (nSPS) is 18.6. The highest BCUT2D eigenvalue weighted by Crippen LogP contribution is 2.40. The number of ether oxygens (including phenoxy) is 1. The van der Waals surface area contributed by atoms with Crippen LogP contribution in [-0.4, -0.2) is 35.9 Å². The molecule has 8 heteroatoms. The van der Waals surface area contributed by atoms with Gasteiger partial charge in [-0.05, 0) is 45.0 Å². The summed E-state index contributed by atoms with van der Waals surface area (Å²) in [6.07, 6.45) is 0.486. The predicted octanol–water partition coefficient (Wildman–Crippen LogP) is 4.71. The molecular weight excluding hydrogens is 350 g/mol. The fourth-order valence-corrected chi connectivity index (χ4v) is 3.49. The van der Waals surface area contributed by atoms with Gasteiger partial charge in [0, 0.05) is 6.07 Å². The van der Waals surface area contributed by atoms with Gasteiger partial charge in [0.05, 0.1) is 11.2 Å². The zero-order valence-corrected chi connectivity index (χ0v) is 18.0. The summed E-state index contributed by atoms with van der Waals surface area (Å²) in [5.41, 5.74) is 0.302. The lowest BCUT2D eigenvalue weighted by molar-refractivity contribution is 0.110. The number of hydrogen-bond donors (Lipinski definition) is 2. The largest absolute Gasteiger partial charge is 0.545 e. The van der Waals surface area contributed by atoms with Crippen molar-refractivity contribution in [2.75, 3.05) is 11.9 Å². The van der Waals surface area contributed by atoms with E-state index in [0.717, 1.165) is 5.76 Å². The van der Waals surface area contributed by atoms with E-state index in [4.69, 9.17) is 14.3 Å². The van der Waals surface area contributed by atoms with E-state index in [1.54, 1.807) is 10.7 Å². The molecule has 0 bridgehead atoms. The van der Waals surface area contributed by atoms with Gasteiger partial charge in [-0.1, -0.05) is 20.8 Å². The fraction of sp³-hybridized carbons (Fsp3) is 0.667. The van der Waals surface area contributed by atoms with E-state index in [2.05, 4.69) is 44.3 Å². The summed E-state index contributed by atoms with van der Waals surface area (Å²) in [5, 5.41) is 16.2. The molecule has 2 heterocycles. The maximum atomic E-state index is 11.1. The molecule has 2 N–H and O–H groups in total. The van der Waals surface area contributed by atoms with Gasteiger partial charge in [0.15, 0.2) is 0 Å². The van der Waals surface area contributed by atoms with Crippen molar-refractivity contribution in [2.24, 2.45) is 0 Å². The molecule has 0 aliphatic carbocycles. The fourth-order valence-electron chi connectivity index (χ4n) is 2.40. The molecule has 1 aromatic rings. The third-order valence-electron chi connectivity index (χ3n) is 4.83. The van der Waals surface area contributed by atoms with Crippen molar-refractivity contribution in [3.63, 3.8) is 0 Å². The molecule has 0 radical (unpaired) electrons. The lowest BCUT2D eigenvalue weighted by Gasteiger charge is -2.36. The van der Waals surface area contributed by atoms with Crippen LogP contribution in [0.3, 0.4) is 0 Å². The standard InChI is InChI=1S/C18H31N3O4Si/c1-17(2,3)21-15(19-16(22)23)10-13(20-21)14-9-12(11-24-14)25-26(7,8)18(4,5)6/h9-10,14,19H,11H2,1-8H3,(H,22,23). The van der Waals surface area contributed by atoms with Crippen molar-refractivity contribution >= 4 is 20.2 Å². The average Bonchev–Trinajstić information content (AvgIpc) is 3.02. The van der Waals surface area contributed by atoms with Gasteiger partial charge in [-0.3, -0.25) is 5.32 Å². The Kier molecular flexibility index (Phi) is 5.31. The van der Waals surface area contributed by atoms with Gasteiger partial charge in [-0.15, -0.1) is 0 Å². The van der Waals surface area contributed by atoms with E-state index < -0.39 is 14.4 Å². The molecule has 1 aliphatic rings. The molecule has 1 amide bonds. The van der Waals surface area contributed by atoms with Gasteiger partial charge in [-0.2, -0.15) is 5.10 Å². The first-order valence-corrected chi connectivity index (χ1v) is 11.7. The van der Waals surface area contributed by atoms with Crippen LogP contribution in [0.15, 0.2) is 17.9 Å². The lowest BCUT2D eigenvalue weighted by Crippen LogP contribution is -2.40. The van der Waals surface area contributed by atoms with Crippen LogP contribution in [0.1, 0.15) is 53.3 Å². The number of hydrogen-bond acceptors (Lipinski definition) is 4. The molecule has 0 aromatic carbocycles. The summed E-state index contributed by atoms with van der Waals surface area (Å²) in [6.45, 7) is 17.3. The summed E-state index contributed by atoms with van der Waals surface area (Å²) in [6, 6.07) is 1.72. The highest BCUT2D eigenvalue weighted by Gasteiger charge is 2.40. The predicted molar refractivity (Wildman–Crippen MR) is 104 cm³/mol. The number of aromatic nitrogens is 2. The number of amides is 1. The van der Waals surface area contributed by atoms with E-state index in [0.29, 0.717) is 18.1 Å². The van der Waals surface area contributed by atoms with E-state index in [1.165, 1.54) is 0 Å². The topological polar surface area (TPSA) is 85.6 Å². The smallest absolute Gasteiger partial charge is 0.410 e. The highest BCUT2D eigenvalue weighted by molar-refractivity contribution is 6.74. The number of nitrogens with one attached hydrogen (secondary N) is 1. The monoisotopic (exact) mass is 381 g/mol. The van der Waals surface area contributed by atoms with Crippen molar-refractivity contribution in [1.29, 1.82) is 0 Å². The van der Waals surface area contributed by atoms with Gasteiger partial charge in [0.2, 0.25) is 8.32 Å². The molecule has 1 aromatic heterocycles. The second kappa shape index (κ2) is 6.73. The van der Waals surface area contributed by atoms with Crippen molar-refractivity contribution < 1.29 is 19.1 Å². The first-order valence-electron chi connectivity index (χ1n) is 8.82. The quantitative estimate of drug-likeness (QED) is 0.738. The van der Waals surface area contributed by atoms with Crippen LogP contribution in [-0.2, 0) is 14.7 Å². The SMILES string of the molecule is CC(C)(C)n1nc(C2C=C(O[Si](C)(C)C(C)(C)C)CO2)cc1NC(=O)O. The molecule has 1 atom stereocenters. The number of carbonyl (C=O) groups is 1. The summed E-state index contributed by atoms with van der Waals surface area (Å²) in [5.74, 6) is 1.26. The molecule has 0 spiro atoms. The summed E-state index contributed by atoms with van der Waals surface area (Å²) in [7, 11) is -1.92. The maximum Gasteiger partial charge on any atom is 0.410 e. The van der Waals surface area contributed by atoms with Gasteiger partial charge in [-0.25, -0.2) is 9.48 Å². The van der Waals surface area contributed by atoms with Gasteiger partial charge in [0.25, 0.3) is 0 Å². The average molecular weight is 382 g/mol. The number of rotatable bonds is 4. The number of carboxylic acid groups (broad SMARTS) is 1. The van der Waals surface area contributed by atoms with E-state index in [-0.39, 0.29) is 16.7 Å². The Morgan fingerprint density at radius 1 is 1.35 bits per heavy atom. The second-order valence-corrected chi connectivity index (χ2v) is 13.9. The maximum absolute atomic E-state index is 11.1. The molecular formula is C18H31N3O4Si. The Bertz CT molecular complexity index is 711. The number of nitrogens with zero attached hydrogens (tertiary/aromatic N) is 2. The Morgan fingerprint density at radius 3 is 2.46 bits per heavy atom. The van der Waals surface area contributed by atoms with Gasteiger partial charge < -0.3 is 14.3 Å². The minimum absolute atomic E-state index is 0.109. The molecule has 26 heavy (non-hydrogen) atoms. The van der Waals surface area contributed by atoms with E-state index in [9.17, 15) is 4.79 Å². The van der Waals surface area contributed by atoms with Gasteiger partial charge in [0.1, 0.15) is 24.3 Å². The minimum Gasteiger partial charge on any atom is -0.545 e. The van der Waals surface area contributed by atoms with Crippen molar-refractivity contribution in [3.8, 4) is 0 Å². The van der Waals surface area contributed by atoms with Crippen molar-refractivity contribution in [1.82, 2.24) is 9.78 Å². The minimum atomic E-state index is -1.92. The highest BCUT2D eigenvalue weighted by atomic mass is 28.4. The van der Waals surface area contributed by atoms with Crippen LogP contribution < -0.4 is 5.32 Å². The van der Waals surface area contributed by atoms with Crippen LogP contribution >= 0.6 is 0 Å². The van der Waals surface area contributed by atoms with Crippen molar-refractivity contribution in [3.05, 3.63) is 23.6 Å². The summed E-state index contributed by atoms with van der Waals surface area (Å²) in [4.78, 5) is 11.1. The molecule has 0 saturated heterocycles. The zero-order chi connectivity index (χ0) is 19.9. The molecule has 146 valence electrons. The van der Waals surface area contributed by atoms with Crippen LogP contribution in [0.2, 0.25) is 18.1 Å². The van der Waals surface area contributed by atoms with Crippen LogP contribution in [0.5, 0.6) is 0 Å². The molecule has 0 saturated carbocycles. The molecule has 0 fully saturated rings. The van der Waals surface area contributed by atoms with E-state index in [1.807, 2.05) is 26.8 Å². The van der Waals surface area contributed by atoms with Crippen LogP contribution in [0.4, 0.5) is 10.6 Å². The molecule has 1 unspecified atom stereocenters. The Balaban J connectivity index is 2.26. The molecule has 2 rings (SSSR count). The third kappa shape index (κ3) is 4.48. The van der Waals surface area contributed by atoms with Crippen molar-refractivity contribution in [2.45, 2.75) is 71.3 Å². The first-order chi connectivity index (χ1) is 11.7. The Labute approximate surface area is 156 Å². The summed E-state index contributed by atoms with van der Waals surface area (Å²) >= 11 is 0. The number of anilines is 1. The first kappa shape index (κ1) is 20.5. The second-order valence-electron chi connectivity index (χ2n) is 9.19. The molecule has 1 aliphatic heterocycles. The van der Waals surface area contributed by atoms with E-state index >= 15 is 0 Å². The molecule has 7 nitrogen and oxygen atoms in total. The Morgan fingerprint density at radius 2 is 1.96 bits per heavy atom. The Hall–Kier alpha value is -1.80. The third-order valence-corrected chi connectivity index (χ3v) is 9.21.